The Hall–Kier alpha value is -1.36. The van der Waals surface area contributed by atoms with E-state index in [2.05, 4.69) is 15.3 Å². The van der Waals surface area contributed by atoms with Crippen LogP contribution in [0, 0.1) is 6.92 Å². The molecular weight excluding hydrogens is 180 g/mol. The third-order valence-corrected chi connectivity index (χ3v) is 1.69. The van der Waals surface area contributed by atoms with Gasteiger partial charge in [-0.2, -0.15) is 0 Å². The summed E-state index contributed by atoms with van der Waals surface area (Å²) in [6, 6.07) is 1.72. The molecule has 1 rings (SSSR count). The SMILES string of the molecule is COCCCNc1cc(N)nc(C)n1. The predicted octanol–water partition coefficient (Wildman–Crippen LogP) is 0.816. The largest absolute Gasteiger partial charge is 0.385 e. The molecule has 0 bridgehead atoms. The standard InChI is InChI=1S/C9H16N4O/c1-7-12-8(10)6-9(13-7)11-4-3-5-14-2/h6H,3-5H2,1-2H3,(H3,10,11,12,13). The molecule has 0 fully saturated rings. The highest BCUT2D eigenvalue weighted by Gasteiger charge is 1.97. The lowest BCUT2D eigenvalue weighted by Gasteiger charge is -2.06. The number of nitrogens with one attached hydrogen (secondary N) is 1. The third-order valence-electron chi connectivity index (χ3n) is 1.69. The van der Waals surface area contributed by atoms with Crippen molar-refractivity contribution in [1.29, 1.82) is 0 Å². The normalized spacial score (nSPS) is 10.1. The minimum absolute atomic E-state index is 0.492. The summed E-state index contributed by atoms with van der Waals surface area (Å²) in [5.41, 5.74) is 5.57. The highest BCUT2D eigenvalue weighted by molar-refractivity contribution is 5.44. The van der Waals surface area contributed by atoms with Gasteiger partial charge in [0.05, 0.1) is 0 Å². The van der Waals surface area contributed by atoms with E-state index in [0.29, 0.717) is 11.6 Å². The van der Waals surface area contributed by atoms with E-state index in [-0.39, 0.29) is 0 Å². The molecule has 78 valence electrons. The first kappa shape index (κ1) is 10.7. The monoisotopic (exact) mass is 196 g/mol. The topological polar surface area (TPSA) is 73.1 Å². The molecule has 0 aliphatic rings. The molecule has 5 heteroatoms. The summed E-state index contributed by atoms with van der Waals surface area (Å²) >= 11 is 0. The Bertz CT molecular complexity index is 270. The number of hydrogen-bond acceptors (Lipinski definition) is 5. The fourth-order valence-electron chi connectivity index (χ4n) is 1.11. The van der Waals surface area contributed by atoms with Crippen LogP contribution in [0.3, 0.4) is 0 Å². The molecule has 0 aromatic carbocycles. The second-order valence-electron chi connectivity index (χ2n) is 3.00. The number of methoxy groups -OCH3 is 1. The summed E-state index contributed by atoms with van der Waals surface area (Å²) < 4.78 is 4.93. The molecule has 0 spiro atoms. The number of rotatable bonds is 5. The van der Waals surface area contributed by atoms with Crippen molar-refractivity contribution in [1.82, 2.24) is 9.97 Å². The van der Waals surface area contributed by atoms with Gasteiger partial charge in [0.1, 0.15) is 17.5 Å². The Morgan fingerprint density at radius 1 is 1.50 bits per heavy atom. The summed E-state index contributed by atoms with van der Waals surface area (Å²) in [6.45, 7) is 3.38. The van der Waals surface area contributed by atoms with Crippen LogP contribution >= 0.6 is 0 Å². The van der Waals surface area contributed by atoms with Crippen LogP contribution in [-0.2, 0) is 4.74 Å². The number of anilines is 2. The summed E-state index contributed by atoms with van der Waals surface area (Å²) in [5.74, 6) is 1.94. The van der Waals surface area contributed by atoms with Crippen molar-refractivity contribution in [2.45, 2.75) is 13.3 Å². The molecule has 5 nitrogen and oxygen atoms in total. The van der Waals surface area contributed by atoms with Crippen molar-refractivity contribution in [2.75, 3.05) is 31.3 Å². The van der Waals surface area contributed by atoms with Gasteiger partial charge in [0.15, 0.2) is 0 Å². The molecule has 0 saturated heterocycles. The Morgan fingerprint density at radius 3 is 2.93 bits per heavy atom. The van der Waals surface area contributed by atoms with E-state index < -0.39 is 0 Å². The van der Waals surface area contributed by atoms with Gasteiger partial charge in [-0.05, 0) is 13.3 Å². The van der Waals surface area contributed by atoms with Crippen molar-refractivity contribution in [3.63, 3.8) is 0 Å². The number of aromatic nitrogens is 2. The van der Waals surface area contributed by atoms with E-state index in [9.17, 15) is 0 Å². The number of nitrogens with zero attached hydrogens (tertiary/aromatic N) is 2. The van der Waals surface area contributed by atoms with Gasteiger partial charge in [0.25, 0.3) is 0 Å². The molecule has 1 heterocycles. The summed E-state index contributed by atoms with van der Waals surface area (Å²) in [6.07, 6.45) is 0.944. The van der Waals surface area contributed by atoms with Crippen LogP contribution in [0.4, 0.5) is 11.6 Å². The Kier molecular flexibility index (Phi) is 4.12. The van der Waals surface area contributed by atoms with Gasteiger partial charge in [0, 0.05) is 26.3 Å². The Labute approximate surface area is 83.7 Å². The van der Waals surface area contributed by atoms with Gasteiger partial charge in [-0.1, -0.05) is 0 Å². The van der Waals surface area contributed by atoms with Crippen LogP contribution in [0.1, 0.15) is 12.2 Å². The van der Waals surface area contributed by atoms with E-state index in [1.807, 2.05) is 6.92 Å². The number of ether oxygens (including phenoxy) is 1. The highest BCUT2D eigenvalue weighted by Crippen LogP contribution is 2.07. The van der Waals surface area contributed by atoms with Crippen LogP contribution < -0.4 is 11.1 Å². The zero-order valence-corrected chi connectivity index (χ0v) is 8.58. The average Bonchev–Trinajstić information content (AvgIpc) is 2.11. The van der Waals surface area contributed by atoms with Crippen LogP contribution in [0.5, 0.6) is 0 Å². The molecule has 0 aliphatic carbocycles. The zero-order valence-electron chi connectivity index (χ0n) is 8.58. The maximum absolute atomic E-state index is 5.57. The summed E-state index contributed by atoms with van der Waals surface area (Å²) in [7, 11) is 1.69. The minimum atomic E-state index is 0.492. The van der Waals surface area contributed by atoms with Crippen molar-refractivity contribution < 1.29 is 4.74 Å². The molecule has 0 saturated carbocycles. The van der Waals surface area contributed by atoms with Crippen molar-refractivity contribution >= 4 is 11.6 Å². The second kappa shape index (κ2) is 5.39. The molecule has 0 atom stereocenters. The number of nitrogen functional groups attached to an aromatic ring is 1. The molecule has 0 unspecified atom stereocenters. The van der Waals surface area contributed by atoms with E-state index in [1.54, 1.807) is 13.2 Å². The fraction of sp³-hybridized carbons (Fsp3) is 0.556. The summed E-state index contributed by atoms with van der Waals surface area (Å²) in [4.78, 5) is 8.17. The minimum Gasteiger partial charge on any atom is -0.385 e. The average molecular weight is 196 g/mol. The van der Waals surface area contributed by atoms with E-state index >= 15 is 0 Å². The molecule has 0 radical (unpaired) electrons. The quantitative estimate of drug-likeness (QED) is 0.682. The van der Waals surface area contributed by atoms with Gasteiger partial charge in [0.2, 0.25) is 0 Å². The number of hydrogen-bond donors (Lipinski definition) is 2. The van der Waals surface area contributed by atoms with Gasteiger partial charge in [-0.3, -0.25) is 0 Å². The molecule has 1 aromatic heterocycles. The van der Waals surface area contributed by atoms with E-state index in [1.165, 1.54) is 0 Å². The lowest BCUT2D eigenvalue weighted by molar-refractivity contribution is 0.198. The molecule has 0 amide bonds. The first-order chi connectivity index (χ1) is 6.72. The van der Waals surface area contributed by atoms with Crippen LogP contribution in [0.15, 0.2) is 6.07 Å². The molecule has 14 heavy (non-hydrogen) atoms. The fourth-order valence-corrected chi connectivity index (χ4v) is 1.11. The van der Waals surface area contributed by atoms with Crippen molar-refractivity contribution in [3.8, 4) is 0 Å². The van der Waals surface area contributed by atoms with E-state index in [4.69, 9.17) is 10.5 Å². The zero-order chi connectivity index (χ0) is 10.4. The van der Waals surface area contributed by atoms with Crippen molar-refractivity contribution in [2.24, 2.45) is 0 Å². The lowest BCUT2D eigenvalue weighted by atomic mass is 10.4. The van der Waals surface area contributed by atoms with Crippen LogP contribution in [-0.4, -0.2) is 30.2 Å². The van der Waals surface area contributed by atoms with Crippen LogP contribution in [0.25, 0.3) is 0 Å². The Balaban J connectivity index is 2.42. The first-order valence-electron chi connectivity index (χ1n) is 4.56. The molecule has 3 N–H and O–H groups in total. The van der Waals surface area contributed by atoms with Gasteiger partial charge >= 0.3 is 0 Å². The maximum atomic E-state index is 5.57. The van der Waals surface area contributed by atoms with Gasteiger partial charge in [-0.15, -0.1) is 0 Å². The molecule has 1 aromatic rings. The second-order valence-corrected chi connectivity index (χ2v) is 3.00. The van der Waals surface area contributed by atoms with Crippen molar-refractivity contribution in [3.05, 3.63) is 11.9 Å². The number of nitrogens with two attached hydrogens (primary N) is 1. The molecule has 0 aliphatic heterocycles. The van der Waals surface area contributed by atoms with E-state index in [0.717, 1.165) is 25.4 Å². The molecular formula is C9H16N4O. The predicted molar refractivity (Wildman–Crippen MR) is 56.2 cm³/mol. The smallest absolute Gasteiger partial charge is 0.131 e. The van der Waals surface area contributed by atoms with Crippen LogP contribution in [0.2, 0.25) is 0 Å². The number of aryl methyl sites for hydroxylation is 1. The first-order valence-corrected chi connectivity index (χ1v) is 4.56. The maximum Gasteiger partial charge on any atom is 0.131 e. The third kappa shape index (κ3) is 3.57. The highest BCUT2D eigenvalue weighted by atomic mass is 16.5. The summed E-state index contributed by atoms with van der Waals surface area (Å²) in [5, 5.41) is 3.15. The Morgan fingerprint density at radius 2 is 2.29 bits per heavy atom. The lowest BCUT2D eigenvalue weighted by Crippen LogP contribution is -2.08. The van der Waals surface area contributed by atoms with Gasteiger partial charge < -0.3 is 15.8 Å². The van der Waals surface area contributed by atoms with Gasteiger partial charge in [-0.25, -0.2) is 9.97 Å².